The standard InChI is InChI=1S/C9H8Cl2O2/c1-5-6(9(12)13-2)3-4-7(10)8(5)11/h3-4H,1-2H3. The molecule has 0 aliphatic rings. The lowest BCUT2D eigenvalue weighted by Gasteiger charge is -2.06. The highest BCUT2D eigenvalue weighted by Gasteiger charge is 2.12. The monoisotopic (exact) mass is 218 g/mol. The molecule has 0 saturated carbocycles. The van der Waals surface area contributed by atoms with Crippen LogP contribution < -0.4 is 0 Å². The van der Waals surface area contributed by atoms with Crippen molar-refractivity contribution in [1.29, 1.82) is 0 Å². The molecule has 1 rings (SSSR count). The number of carbonyl (C=O) groups excluding carboxylic acids is 1. The average Bonchev–Trinajstić information content (AvgIpc) is 2.13. The Kier molecular flexibility index (Phi) is 3.17. The Morgan fingerprint density at radius 2 is 2.00 bits per heavy atom. The Bertz CT molecular complexity index is 348. The molecule has 0 unspecified atom stereocenters. The highest BCUT2D eigenvalue weighted by atomic mass is 35.5. The topological polar surface area (TPSA) is 26.3 Å². The van der Waals surface area contributed by atoms with Crippen LogP contribution in [0.2, 0.25) is 10.0 Å². The summed E-state index contributed by atoms with van der Waals surface area (Å²) in [5, 5.41) is 0.830. The van der Waals surface area contributed by atoms with Gasteiger partial charge in [0, 0.05) is 0 Å². The summed E-state index contributed by atoms with van der Waals surface area (Å²) < 4.78 is 4.57. The number of hydrogen-bond acceptors (Lipinski definition) is 2. The van der Waals surface area contributed by atoms with Crippen LogP contribution >= 0.6 is 23.2 Å². The van der Waals surface area contributed by atoms with Gasteiger partial charge in [0.25, 0.3) is 0 Å². The molecule has 1 aromatic rings. The highest BCUT2D eigenvalue weighted by molar-refractivity contribution is 6.42. The zero-order valence-corrected chi connectivity index (χ0v) is 8.74. The Morgan fingerprint density at radius 3 is 2.54 bits per heavy atom. The van der Waals surface area contributed by atoms with Crippen molar-refractivity contribution in [1.82, 2.24) is 0 Å². The number of methoxy groups -OCH3 is 1. The second-order valence-corrected chi connectivity index (χ2v) is 3.31. The lowest BCUT2D eigenvalue weighted by atomic mass is 10.1. The third-order valence-electron chi connectivity index (χ3n) is 1.74. The van der Waals surface area contributed by atoms with Crippen LogP contribution in [-0.2, 0) is 4.74 Å². The Hall–Kier alpha value is -0.730. The number of esters is 1. The van der Waals surface area contributed by atoms with E-state index in [0.29, 0.717) is 21.2 Å². The van der Waals surface area contributed by atoms with Gasteiger partial charge in [-0.2, -0.15) is 0 Å². The minimum Gasteiger partial charge on any atom is -0.465 e. The Labute approximate surface area is 86.4 Å². The largest absolute Gasteiger partial charge is 0.465 e. The van der Waals surface area contributed by atoms with Gasteiger partial charge in [0.2, 0.25) is 0 Å². The maximum absolute atomic E-state index is 11.2. The number of halogens is 2. The smallest absolute Gasteiger partial charge is 0.338 e. The Morgan fingerprint density at radius 1 is 1.38 bits per heavy atom. The molecule has 70 valence electrons. The van der Waals surface area contributed by atoms with E-state index in [1.807, 2.05) is 0 Å². The third kappa shape index (κ3) is 1.95. The number of hydrogen-bond donors (Lipinski definition) is 0. The van der Waals surface area contributed by atoms with E-state index in [1.165, 1.54) is 7.11 Å². The summed E-state index contributed by atoms with van der Waals surface area (Å²) in [5.41, 5.74) is 1.08. The van der Waals surface area contributed by atoms with Crippen LogP contribution in [0, 0.1) is 6.92 Å². The zero-order chi connectivity index (χ0) is 10.0. The van der Waals surface area contributed by atoms with Crippen LogP contribution in [0.25, 0.3) is 0 Å². The molecule has 0 aliphatic carbocycles. The fraction of sp³-hybridized carbons (Fsp3) is 0.222. The minimum atomic E-state index is -0.406. The van der Waals surface area contributed by atoms with Gasteiger partial charge in [0.05, 0.1) is 22.7 Å². The van der Waals surface area contributed by atoms with E-state index >= 15 is 0 Å². The van der Waals surface area contributed by atoms with Crippen LogP contribution in [0.3, 0.4) is 0 Å². The minimum absolute atomic E-state index is 0.393. The van der Waals surface area contributed by atoms with Crippen molar-refractivity contribution in [3.05, 3.63) is 33.3 Å². The molecule has 0 aromatic heterocycles. The van der Waals surface area contributed by atoms with E-state index in [1.54, 1.807) is 19.1 Å². The molecule has 0 N–H and O–H groups in total. The lowest BCUT2D eigenvalue weighted by Crippen LogP contribution is -2.03. The van der Waals surface area contributed by atoms with E-state index in [9.17, 15) is 4.79 Å². The summed E-state index contributed by atoms with van der Waals surface area (Å²) in [5.74, 6) is -0.406. The Balaban J connectivity index is 3.26. The summed E-state index contributed by atoms with van der Waals surface area (Å²) in [6.45, 7) is 1.72. The van der Waals surface area contributed by atoms with Crippen molar-refractivity contribution in [2.45, 2.75) is 6.92 Å². The van der Waals surface area contributed by atoms with E-state index in [2.05, 4.69) is 4.74 Å². The third-order valence-corrected chi connectivity index (χ3v) is 2.64. The molecule has 2 nitrogen and oxygen atoms in total. The molecular weight excluding hydrogens is 211 g/mol. The van der Waals surface area contributed by atoms with Crippen molar-refractivity contribution in [2.24, 2.45) is 0 Å². The SMILES string of the molecule is COC(=O)c1ccc(Cl)c(Cl)c1C. The lowest BCUT2D eigenvalue weighted by molar-refractivity contribution is 0.0600. The van der Waals surface area contributed by atoms with Crippen LogP contribution in [0.4, 0.5) is 0 Å². The molecule has 0 amide bonds. The first-order valence-electron chi connectivity index (χ1n) is 3.61. The molecule has 1 aromatic carbocycles. The number of benzene rings is 1. The first-order valence-corrected chi connectivity index (χ1v) is 4.36. The van der Waals surface area contributed by atoms with Gasteiger partial charge < -0.3 is 4.74 Å². The molecule has 0 bridgehead atoms. The van der Waals surface area contributed by atoms with Gasteiger partial charge in [0.1, 0.15) is 0 Å². The average molecular weight is 219 g/mol. The summed E-state index contributed by atoms with van der Waals surface area (Å²) in [6, 6.07) is 3.17. The summed E-state index contributed by atoms with van der Waals surface area (Å²) >= 11 is 11.6. The van der Waals surface area contributed by atoms with Crippen LogP contribution in [0.5, 0.6) is 0 Å². The summed E-state index contributed by atoms with van der Waals surface area (Å²) in [6.07, 6.45) is 0. The second kappa shape index (κ2) is 3.99. The van der Waals surface area contributed by atoms with Gasteiger partial charge in [-0.25, -0.2) is 4.79 Å². The van der Waals surface area contributed by atoms with E-state index in [-0.39, 0.29) is 0 Å². The molecule has 0 saturated heterocycles. The first kappa shape index (κ1) is 10.4. The molecule has 0 fully saturated rings. The molecular formula is C9H8Cl2O2. The van der Waals surface area contributed by atoms with Crippen molar-refractivity contribution in [3.63, 3.8) is 0 Å². The molecule has 0 spiro atoms. The fourth-order valence-electron chi connectivity index (χ4n) is 0.983. The van der Waals surface area contributed by atoms with Gasteiger partial charge in [0.15, 0.2) is 0 Å². The summed E-state index contributed by atoms with van der Waals surface area (Å²) in [4.78, 5) is 11.2. The molecule has 4 heteroatoms. The molecule has 13 heavy (non-hydrogen) atoms. The quantitative estimate of drug-likeness (QED) is 0.678. The number of carbonyl (C=O) groups is 1. The molecule has 0 atom stereocenters. The normalized spacial score (nSPS) is 9.85. The van der Waals surface area contributed by atoms with Gasteiger partial charge in [-0.15, -0.1) is 0 Å². The van der Waals surface area contributed by atoms with E-state index in [0.717, 1.165) is 0 Å². The zero-order valence-electron chi connectivity index (χ0n) is 7.23. The highest BCUT2D eigenvalue weighted by Crippen LogP contribution is 2.27. The predicted octanol–water partition coefficient (Wildman–Crippen LogP) is 3.09. The first-order chi connectivity index (χ1) is 6.07. The van der Waals surface area contributed by atoms with Gasteiger partial charge >= 0.3 is 5.97 Å². The van der Waals surface area contributed by atoms with Gasteiger partial charge in [-0.3, -0.25) is 0 Å². The predicted molar refractivity (Wildman–Crippen MR) is 52.5 cm³/mol. The van der Waals surface area contributed by atoms with Crippen LogP contribution in [0.15, 0.2) is 12.1 Å². The van der Waals surface area contributed by atoms with Crippen molar-refractivity contribution >= 4 is 29.2 Å². The van der Waals surface area contributed by atoms with Gasteiger partial charge in [-0.1, -0.05) is 23.2 Å². The number of rotatable bonds is 1. The maximum Gasteiger partial charge on any atom is 0.338 e. The van der Waals surface area contributed by atoms with E-state index in [4.69, 9.17) is 23.2 Å². The molecule has 0 heterocycles. The number of ether oxygens (including phenoxy) is 1. The summed E-state index contributed by atoms with van der Waals surface area (Å²) in [7, 11) is 1.32. The molecule has 0 aliphatic heterocycles. The maximum atomic E-state index is 11.2. The second-order valence-electron chi connectivity index (χ2n) is 2.53. The van der Waals surface area contributed by atoms with Crippen molar-refractivity contribution in [2.75, 3.05) is 7.11 Å². The van der Waals surface area contributed by atoms with E-state index < -0.39 is 5.97 Å². The van der Waals surface area contributed by atoms with Crippen LogP contribution in [-0.4, -0.2) is 13.1 Å². The molecule has 0 radical (unpaired) electrons. The van der Waals surface area contributed by atoms with Crippen LogP contribution in [0.1, 0.15) is 15.9 Å². The van der Waals surface area contributed by atoms with Crippen molar-refractivity contribution < 1.29 is 9.53 Å². The van der Waals surface area contributed by atoms with Crippen molar-refractivity contribution in [3.8, 4) is 0 Å². The van der Waals surface area contributed by atoms with Gasteiger partial charge in [-0.05, 0) is 24.6 Å². The fourth-order valence-corrected chi connectivity index (χ4v) is 1.35.